The molecule has 1 aromatic heterocycles. The van der Waals surface area contributed by atoms with Gasteiger partial charge in [0.25, 0.3) is 0 Å². The van der Waals surface area contributed by atoms with Crippen LogP contribution in [0.4, 0.5) is 34.1 Å². The highest BCUT2D eigenvalue weighted by molar-refractivity contribution is 5.92. The molecule has 4 nitrogen and oxygen atoms in total. The fourth-order valence-electron chi connectivity index (χ4n) is 9.00. The first-order valence-corrected chi connectivity index (χ1v) is 19.2. The minimum absolute atomic E-state index is 0.173. The third-order valence-electron chi connectivity index (χ3n) is 11.8. The predicted octanol–water partition coefficient (Wildman–Crippen LogP) is 13.4. The summed E-state index contributed by atoms with van der Waals surface area (Å²) in [6, 6.07) is 65.8. The second kappa shape index (κ2) is 12.5. The first-order chi connectivity index (χ1) is 26.8. The number of anilines is 6. The van der Waals surface area contributed by atoms with Gasteiger partial charge in [-0.1, -0.05) is 161 Å². The number of fused-ring (bicyclic) bond motifs is 4. The molecular weight excluding hydrogens is 669 g/mol. The third kappa shape index (κ3) is 5.16. The Hall–Kier alpha value is -6.65. The van der Waals surface area contributed by atoms with E-state index in [-0.39, 0.29) is 10.8 Å². The van der Waals surface area contributed by atoms with Crippen molar-refractivity contribution in [3.8, 4) is 28.2 Å². The fourth-order valence-corrected chi connectivity index (χ4v) is 9.00. The number of benzene rings is 7. The quantitative estimate of drug-likeness (QED) is 0.178. The van der Waals surface area contributed by atoms with Gasteiger partial charge in [-0.2, -0.15) is 5.10 Å². The van der Waals surface area contributed by atoms with Crippen LogP contribution in [-0.2, 0) is 10.8 Å². The van der Waals surface area contributed by atoms with Gasteiger partial charge in [-0.15, -0.1) is 0 Å². The highest BCUT2D eigenvalue weighted by Gasteiger charge is 2.39. The van der Waals surface area contributed by atoms with Gasteiger partial charge in [0.1, 0.15) is 0 Å². The summed E-state index contributed by atoms with van der Waals surface area (Å²) in [7, 11) is 0. The lowest BCUT2D eigenvalue weighted by Crippen LogP contribution is -2.31. The third-order valence-corrected chi connectivity index (χ3v) is 11.8. The van der Waals surface area contributed by atoms with Crippen molar-refractivity contribution >= 4 is 34.1 Å². The number of para-hydroxylation sites is 4. The standard InChI is InChI=1S/C51H42N4/c1-50(2)40-23-11-15-27-45(40)53(46-28-16-12-24-41(46)50)37-31-38(54-47-29-17-13-25-42(47)51(3,4)43-26-14-18-30-48(43)54)33-39(32-37)55-49(36-21-9-6-10-22-36)34-44(52-55)35-19-7-5-8-20-35/h5-34H,1-4H3. The van der Waals surface area contributed by atoms with Crippen LogP contribution in [-0.4, -0.2) is 9.78 Å². The monoisotopic (exact) mass is 710 g/mol. The molecule has 2 aliphatic heterocycles. The molecule has 0 atom stereocenters. The van der Waals surface area contributed by atoms with E-state index < -0.39 is 0 Å². The van der Waals surface area contributed by atoms with Gasteiger partial charge in [-0.3, -0.25) is 0 Å². The van der Waals surface area contributed by atoms with E-state index >= 15 is 0 Å². The minimum Gasteiger partial charge on any atom is -0.310 e. The molecule has 2 aliphatic rings. The molecule has 0 unspecified atom stereocenters. The van der Waals surface area contributed by atoms with Crippen LogP contribution in [0.1, 0.15) is 49.9 Å². The molecule has 0 spiro atoms. The SMILES string of the molecule is CC1(C)c2ccccc2N(c2cc(N3c4ccccc4C(C)(C)c4ccccc43)cc(-n3nc(-c4ccccc4)cc3-c3ccccc3)c2)c2ccccc21. The lowest BCUT2D eigenvalue weighted by molar-refractivity contribution is 0.631. The van der Waals surface area contributed by atoms with Crippen molar-refractivity contribution < 1.29 is 0 Å². The zero-order chi connectivity index (χ0) is 37.3. The summed E-state index contributed by atoms with van der Waals surface area (Å²) in [5.41, 5.74) is 16.8. The smallest absolute Gasteiger partial charge is 0.0934 e. The fraction of sp³-hybridized carbons (Fsp3) is 0.118. The lowest BCUT2D eigenvalue weighted by atomic mass is 9.73. The molecule has 55 heavy (non-hydrogen) atoms. The predicted molar refractivity (Wildman–Crippen MR) is 228 cm³/mol. The van der Waals surface area contributed by atoms with E-state index in [2.05, 4.69) is 224 Å². The Morgan fingerprint density at radius 3 is 1.13 bits per heavy atom. The normalized spacial score (nSPS) is 14.8. The van der Waals surface area contributed by atoms with Crippen molar-refractivity contribution in [3.05, 3.63) is 204 Å². The van der Waals surface area contributed by atoms with Gasteiger partial charge >= 0.3 is 0 Å². The molecular formula is C51H42N4. The van der Waals surface area contributed by atoms with Gasteiger partial charge in [0.2, 0.25) is 0 Å². The van der Waals surface area contributed by atoms with E-state index in [1.165, 1.54) is 45.0 Å². The van der Waals surface area contributed by atoms with Crippen molar-refractivity contribution in [1.29, 1.82) is 0 Å². The summed E-state index contributed by atoms with van der Waals surface area (Å²) in [6.45, 7) is 9.37. The Labute approximate surface area is 323 Å². The first-order valence-electron chi connectivity index (χ1n) is 19.2. The molecule has 8 aromatic rings. The van der Waals surface area contributed by atoms with Crippen LogP contribution in [0, 0.1) is 0 Å². The molecule has 0 N–H and O–H groups in total. The van der Waals surface area contributed by atoms with E-state index in [1.54, 1.807) is 0 Å². The van der Waals surface area contributed by atoms with Gasteiger partial charge in [0, 0.05) is 22.0 Å². The molecule has 3 heterocycles. The molecule has 0 amide bonds. The number of nitrogens with zero attached hydrogens (tertiary/aromatic N) is 4. The van der Waals surface area contributed by atoms with Crippen LogP contribution < -0.4 is 9.80 Å². The summed E-state index contributed by atoms with van der Waals surface area (Å²) < 4.78 is 2.14. The maximum absolute atomic E-state index is 5.40. The Balaban J connectivity index is 1.29. The maximum Gasteiger partial charge on any atom is 0.0934 e. The molecule has 0 radical (unpaired) electrons. The highest BCUT2D eigenvalue weighted by atomic mass is 15.3. The first kappa shape index (κ1) is 33.0. The maximum atomic E-state index is 5.40. The van der Waals surface area contributed by atoms with Gasteiger partial charge < -0.3 is 9.80 Å². The summed E-state index contributed by atoms with van der Waals surface area (Å²) in [5.74, 6) is 0. The second-order valence-electron chi connectivity index (χ2n) is 15.8. The number of aromatic nitrogens is 2. The van der Waals surface area contributed by atoms with E-state index in [9.17, 15) is 0 Å². The number of rotatable bonds is 5. The van der Waals surface area contributed by atoms with E-state index in [4.69, 9.17) is 5.10 Å². The van der Waals surface area contributed by atoms with Crippen molar-refractivity contribution in [2.45, 2.75) is 38.5 Å². The zero-order valence-corrected chi connectivity index (χ0v) is 31.6. The van der Waals surface area contributed by atoms with E-state index in [0.29, 0.717) is 0 Å². The molecule has 0 saturated heterocycles. The van der Waals surface area contributed by atoms with Crippen LogP contribution in [0.15, 0.2) is 182 Å². The summed E-state index contributed by atoms with van der Waals surface area (Å²) in [5, 5.41) is 5.40. The van der Waals surface area contributed by atoms with Crippen molar-refractivity contribution in [3.63, 3.8) is 0 Å². The van der Waals surface area contributed by atoms with Crippen LogP contribution in [0.5, 0.6) is 0 Å². The van der Waals surface area contributed by atoms with Gasteiger partial charge in [-0.05, 0) is 70.8 Å². The van der Waals surface area contributed by atoms with E-state index in [1.807, 2.05) is 0 Å². The highest BCUT2D eigenvalue weighted by Crippen LogP contribution is 2.55. The van der Waals surface area contributed by atoms with Gasteiger partial charge in [0.15, 0.2) is 0 Å². The van der Waals surface area contributed by atoms with Crippen LogP contribution >= 0.6 is 0 Å². The molecule has 0 fully saturated rings. The Bertz CT molecular complexity index is 2500. The molecule has 7 aromatic carbocycles. The molecule has 266 valence electrons. The number of hydrogen-bond donors (Lipinski definition) is 0. The van der Waals surface area contributed by atoms with Crippen LogP contribution in [0.3, 0.4) is 0 Å². The lowest BCUT2D eigenvalue weighted by Gasteiger charge is -2.43. The minimum atomic E-state index is -0.173. The van der Waals surface area contributed by atoms with Gasteiger partial charge in [-0.25, -0.2) is 4.68 Å². The van der Waals surface area contributed by atoms with Crippen molar-refractivity contribution in [1.82, 2.24) is 9.78 Å². The van der Waals surface area contributed by atoms with Crippen molar-refractivity contribution in [2.24, 2.45) is 0 Å². The van der Waals surface area contributed by atoms with Crippen molar-refractivity contribution in [2.75, 3.05) is 9.80 Å². The molecule has 10 rings (SSSR count). The summed E-state index contributed by atoms with van der Waals surface area (Å²) in [6.07, 6.45) is 0. The zero-order valence-electron chi connectivity index (χ0n) is 31.6. The van der Waals surface area contributed by atoms with E-state index in [0.717, 1.165) is 39.6 Å². The Morgan fingerprint density at radius 2 is 0.709 bits per heavy atom. The average Bonchev–Trinajstić information content (AvgIpc) is 3.68. The summed E-state index contributed by atoms with van der Waals surface area (Å²) in [4.78, 5) is 4.91. The molecule has 0 aliphatic carbocycles. The Kier molecular flexibility index (Phi) is 7.47. The van der Waals surface area contributed by atoms with Gasteiger partial charge in [0.05, 0.1) is 51.2 Å². The topological polar surface area (TPSA) is 24.3 Å². The van der Waals surface area contributed by atoms with Crippen LogP contribution in [0.25, 0.3) is 28.2 Å². The average molecular weight is 711 g/mol. The molecule has 0 saturated carbocycles. The molecule has 0 bridgehead atoms. The molecule has 4 heteroatoms. The second-order valence-corrected chi connectivity index (χ2v) is 15.8. The summed E-state index contributed by atoms with van der Waals surface area (Å²) >= 11 is 0. The van der Waals surface area contributed by atoms with Crippen LogP contribution in [0.2, 0.25) is 0 Å². The Morgan fingerprint density at radius 1 is 0.364 bits per heavy atom. The number of hydrogen-bond acceptors (Lipinski definition) is 3. The largest absolute Gasteiger partial charge is 0.310 e.